The zero-order valence-corrected chi connectivity index (χ0v) is 14.5. The highest BCUT2D eigenvalue weighted by atomic mass is 35.5. The minimum absolute atomic E-state index is 0.0625. The zero-order valence-electron chi connectivity index (χ0n) is 13.0. The second kappa shape index (κ2) is 7.71. The van der Waals surface area contributed by atoms with E-state index in [1.165, 1.54) is 13.2 Å². The molecule has 0 aliphatic carbocycles. The van der Waals surface area contributed by atoms with Crippen LogP contribution >= 0.6 is 11.6 Å². The van der Waals surface area contributed by atoms with E-state index in [1.54, 1.807) is 12.1 Å². The van der Waals surface area contributed by atoms with Gasteiger partial charge in [0.2, 0.25) is 5.91 Å². The molecule has 10 heteroatoms. The van der Waals surface area contributed by atoms with Crippen molar-refractivity contribution in [2.45, 2.75) is 12.5 Å². The maximum atomic E-state index is 11.9. The number of methoxy groups -OCH3 is 1. The molecule has 0 aromatic heterocycles. The highest BCUT2D eigenvalue weighted by molar-refractivity contribution is 7.91. The predicted octanol–water partition coefficient (Wildman–Crippen LogP) is 0.773. The van der Waals surface area contributed by atoms with E-state index in [2.05, 4.69) is 16.0 Å². The Balaban J connectivity index is 1.81. The molecule has 1 atom stereocenters. The molecule has 1 aliphatic rings. The van der Waals surface area contributed by atoms with Gasteiger partial charge in [0.15, 0.2) is 9.84 Å². The fourth-order valence-electron chi connectivity index (χ4n) is 2.28. The van der Waals surface area contributed by atoms with E-state index in [9.17, 15) is 18.0 Å². The van der Waals surface area contributed by atoms with Crippen LogP contribution in [0.25, 0.3) is 0 Å². The number of halogens is 1. The first-order valence-electron chi connectivity index (χ1n) is 7.17. The van der Waals surface area contributed by atoms with Crippen molar-refractivity contribution in [2.75, 3.05) is 30.5 Å². The van der Waals surface area contributed by atoms with E-state index in [0.29, 0.717) is 22.9 Å². The summed E-state index contributed by atoms with van der Waals surface area (Å²) in [5, 5.41) is 7.92. The lowest BCUT2D eigenvalue weighted by Crippen LogP contribution is -2.45. The number of benzene rings is 1. The predicted molar refractivity (Wildman–Crippen MR) is 90.2 cm³/mol. The van der Waals surface area contributed by atoms with Gasteiger partial charge in [-0.25, -0.2) is 13.2 Å². The number of urea groups is 1. The third-order valence-corrected chi connectivity index (χ3v) is 5.42. The van der Waals surface area contributed by atoms with Crippen LogP contribution in [0, 0.1) is 0 Å². The number of amides is 3. The lowest BCUT2D eigenvalue weighted by atomic mass is 10.3. The van der Waals surface area contributed by atoms with E-state index in [0.717, 1.165) is 0 Å². The monoisotopic (exact) mass is 375 g/mol. The Hall–Kier alpha value is -2.00. The largest absolute Gasteiger partial charge is 0.495 e. The first kappa shape index (κ1) is 18.3. The van der Waals surface area contributed by atoms with E-state index < -0.39 is 27.8 Å². The van der Waals surface area contributed by atoms with Crippen LogP contribution in [-0.2, 0) is 14.6 Å². The first-order chi connectivity index (χ1) is 11.3. The van der Waals surface area contributed by atoms with Crippen LogP contribution in [0.5, 0.6) is 5.75 Å². The summed E-state index contributed by atoms with van der Waals surface area (Å²) in [5.74, 6) is -0.0441. The van der Waals surface area contributed by atoms with Crippen molar-refractivity contribution < 1.29 is 22.7 Å². The molecule has 1 saturated heterocycles. The van der Waals surface area contributed by atoms with Crippen LogP contribution < -0.4 is 20.7 Å². The molecule has 3 N–H and O–H groups in total. The van der Waals surface area contributed by atoms with Crippen LogP contribution in [-0.4, -0.2) is 51.6 Å². The average Bonchev–Trinajstić information content (AvgIpc) is 2.84. The Morgan fingerprint density at radius 2 is 2.12 bits per heavy atom. The van der Waals surface area contributed by atoms with Crippen LogP contribution in [0.1, 0.15) is 6.42 Å². The van der Waals surface area contributed by atoms with Crippen molar-refractivity contribution in [2.24, 2.45) is 0 Å². The standard InChI is InChI=1S/C14H18ClN3O5S/c1-23-12-3-2-9(15)6-11(12)18-13(19)7-16-14(20)17-10-4-5-24(21,22)8-10/h2-3,6,10H,4-5,7-8H2,1H3,(H,18,19)(H2,16,17,20)/t10-/m0/s1. The van der Waals surface area contributed by atoms with Gasteiger partial charge in [-0.15, -0.1) is 0 Å². The molecule has 132 valence electrons. The number of sulfone groups is 1. The van der Waals surface area contributed by atoms with Gasteiger partial charge in [0.1, 0.15) is 5.75 Å². The number of carbonyl (C=O) groups excluding carboxylic acids is 2. The second-order valence-corrected chi connectivity index (χ2v) is 7.98. The Bertz CT molecular complexity index is 738. The maximum absolute atomic E-state index is 11.9. The molecular weight excluding hydrogens is 358 g/mol. The lowest BCUT2D eigenvalue weighted by molar-refractivity contribution is -0.115. The van der Waals surface area contributed by atoms with E-state index >= 15 is 0 Å². The molecule has 8 nitrogen and oxygen atoms in total. The van der Waals surface area contributed by atoms with Gasteiger partial charge in [-0.2, -0.15) is 0 Å². The molecule has 1 aromatic carbocycles. The molecule has 24 heavy (non-hydrogen) atoms. The van der Waals surface area contributed by atoms with Gasteiger partial charge in [-0.05, 0) is 24.6 Å². The van der Waals surface area contributed by atoms with E-state index in [-0.39, 0.29) is 18.1 Å². The third-order valence-electron chi connectivity index (χ3n) is 3.41. The van der Waals surface area contributed by atoms with Gasteiger partial charge in [-0.3, -0.25) is 4.79 Å². The van der Waals surface area contributed by atoms with Crippen LogP contribution in [0.4, 0.5) is 10.5 Å². The fourth-order valence-corrected chi connectivity index (χ4v) is 4.12. The van der Waals surface area contributed by atoms with Gasteiger partial charge in [0, 0.05) is 11.1 Å². The Morgan fingerprint density at radius 3 is 2.75 bits per heavy atom. The Kier molecular flexibility index (Phi) is 5.89. The average molecular weight is 376 g/mol. The maximum Gasteiger partial charge on any atom is 0.315 e. The van der Waals surface area contributed by atoms with Crippen LogP contribution in [0.3, 0.4) is 0 Å². The third kappa shape index (κ3) is 5.27. The van der Waals surface area contributed by atoms with Gasteiger partial charge >= 0.3 is 6.03 Å². The molecular formula is C14H18ClN3O5S. The van der Waals surface area contributed by atoms with E-state index in [1.807, 2.05) is 0 Å². The van der Waals surface area contributed by atoms with Gasteiger partial charge in [0.25, 0.3) is 0 Å². The van der Waals surface area contributed by atoms with Crippen LogP contribution in [0.2, 0.25) is 5.02 Å². The SMILES string of the molecule is COc1ccc(Cl)cc1NC(=O)CNC(=O)N[C@H]1CCS(=O)(=O)C1. The molecule has 1 aromatic rings. The Labute approximate surface area is 144 Å². The molecule has 0 radical (unpaired) electrons. The minimum Gasteiger partial charge on any atom is -0.495 e. The number of anilines is 1. The summed E-state index contributed by atoms with van der Waals surface area (Å²) in [7, 11) is -1.61. The molecule has 3 amide bonds. The summed E-state index contributed by atoms with van der Waals surface area (Å²) in [6.07, 6.45) is 0.377. The number of hydrogen-bond acceptors (Lipinski definition) is 5. The quantitative estimate of drug-likeness (QED) is 0.703. The van der Waals surface area contributed by atoms with Crippen molar-refractivity contribution in [1.29, 1.82) is 0 Å². The smallest absolute Gasteiger partial charge is 0.315 e. The molecule has 0 saturated carbocycles. The summed E-state index contributed by atoms with van der Waals surface area (Å²) in [4.78, 5) is 23.6. The van der Waals surface area contributed by atoms with Gasteiger partial charge in [-0.1, -0.05) is 11.6 Å². The number of ether oxygens (including phenoxy) is 1. The number of carbonyl (C=O) groups is 2. The molecule has 0 unspecified atom stereocenters. The normalized spacial score (nSPS) is 18.7. The molecule has 0 bridgehead atoms. The summed E-state index contributed by atoms with van der Waals surface area (Å²) >= 11 is 5.87. The van der Waals surface area contributed by atoms with Gasteiger partial charge < -0.3 is 20.7 Å². The minimum atomic E-state index is -3.07. The van der Waals surface area contributed by atoms with E-state index in [4.69, 9.17) is 16.3 Å². The van der Waals surface area contributed by atoms with Crippen molar-refractivity contribution in [3.05, 3.63) is 23.2 Å². The molecule has 1 aliphatic heterocycles. The lowest BCUT2D eigenvalue weighted by Gasteiger charge is -2.13. The first-order valence-corrected chi connectivity index (χ1v) is 9.37. The molecule has 0 spiro atoms. The van der Waals surface area contributed by atoms with Gasteiger partial charge in [0.05, 0.1) is 30.8 Å². The summed E-state index contributed by atoms with van der Waals surface area (Å²) < 4.78 is 27.7. The number of hydrogen-bond donors (Lipinski definition) is 3. The summed E-state index contributed by atoms with van der Waals surface area (Å²) in [6.45, 7) is -0.277. The van der Waals surface area contributed by atoms with Crippen molar-refractivity contribution in [3.8, 4) is 5.75 Å². The number of nitrogens with one attached hydrogen (secondary N) is 3. The highest BCUT2D eigenvalue weighted by Gasteiger charge is 2.28. The molecule has 1 heterocycles. The van der Waals surface area contributed by atoms with Crippen molar-refractivity contribution in [1.82, 2.24) is 10.6 Å². The van der Waals surface area contributed by atoms with Crippen molar-refractivity contribution in [3.63, 3.8) is 0 Å². The summed E-state index contributed by atoms with van der Waals surface area (Å²) in [6, 6.07) is 3.74. The number of rotatable bonds is 5. The highest BCUT2D eigenvalue weighted by Crippen LogP contribution is 2.27. The summed E-state index contributed by atoms with van der Waals surface area (Å²) in [5.41, 5.74) is 0.388. The van der Waals surface area contributed by atoms with Crippen LogP contribution in [0.15, 0.2) is 18.2 Å². The second-order valence-electron chi connectivity index (χ2n) is 5.32. The fraction of sp³-hybridized carbons (Fsp3) is 0.429. The van der Waals surface area contributed by atoms with Crippen molar-refractivity contribution >= 4 is 39.1 Å². The topological polar surface area (TPSA) is 114 Å². The molecule has 2 rings (SSSR count). The Morgan fingerprint density at radius 1 is 1.38 bits per heavy atom. The molecule has 1 fully saturated rings. The zero-order chi connectivity index (χ0) is 17.7.